The van der Waals surface area contributed by atoms with Gasteiger partial charge in [0.05, 0.1) is 22.7 Å². The van der Waals surface area contributed by atoms with Crippen molar-refractivity contribution in [2.24, 2.45) is 0 Å². The summed E-state index contributed by atoms with van der Waals surface area (Å²) < 4.78 is 2.20. The molecule has 0 aliphatic rings. The van der Waals surface area contributed by atoms with Crippen molar-refractivity contribution < 1.29 is 0 Å². The van der Waals surface area contributed by atoms with E-state index in [0.717, 1.165) is 28.0 Å². The van der Waals surface area contributed by atoms with Gasteiger partial charge in [0.25, 0.3) is 0 Å². The summed E-state index contributed by atoms with van der Waals surface area (Å²) >= 11 is 0. The molecular formula is C20H14N4. The van der Waals surface area contributed by atoms with Crippen molar-refractivity contribution in [2.45, 2.75) is 6.54 Å². The SMILES string of the molecule is N#Cc1ccc(Cn2c(-c3ccncc3)nc3ccccc32)cc1. The Bertz CT molecular complexity index is 1020. The van der Waals surface area contributed by atoms with E-state index in [2.05, 4.69) is 21.7 Å². The Balaban J connectivity index is 1.84. The Hall–Kier alpha value is -3.45. The van der Waals surface area contributed by atoms with Crippen molar-refractivity contribution in [3.63, 3.8) is 0 Å². The lowest BCUT2D eigenvalue weighted by molar-refractivity contribution is 0.834. The summed E-state index contributed by atoms with van der Waals surface area (Å²) in [5.74, 6) is 0.919. The van der Waals surface area contributed by atoms with Gasteiger partial charge in [0.1, 0.15) is 5.82 Å². The van der Waals surface area contributed by atoms with Crippen LogP contribution in [0.15, 0.2) is 73.1 Å². The Morgan fingerprint density at radius 1 is 0.917 bits per heavy atom. The molecule has 4 heteroatoms. The lowest BCUT2D eigenvalue weighted by Gasteiger charge is -2.09. The maximum Gasteiger partial charge on any atom is 0.141 e. The molecule has 0 saturated heterocycles. The minimum Gasteiger partial charge on any atom is -0.319 e. The van der Waals surface area contributed by atoms with Crippen LogP contribution in [-0.4, -0.2) is 14.5 Å². The van der Waals surface area contributed by atoms with Crippen molar-refractivity contribution >= 4 is 11.0 Å². The van der Waals surface area contributed by atoms with Crippen LogP contribution >= 0.6 is 0 Å². The number of pyridine rings is 1. The third-order valence-corrected chi connectivity index (χ3v) is 4.02. The lowest BCUT2D eigenvalue weighted by Crippen LogP contribution is -2.02. The summed E-state index contributed by atoms with van der Waals surface area (Å²) in [6.07, 6.45) is 3.56. The third-order valence-electron chi connectivity index (χ3n) is 4.02. The summed E-state index contributed by atoms with van der Waals surface area (Å²) in [6.45, 7) is 0.698. The molecule has 0 unspecified atom stereocenters. The molecule has 0 spiro atoms. The van der Waals surface area contributed by atoms with Crippen molar-refractivity contribution in [3.05, 3.63) is 84.2 Å². The zero-order valence-electron chi connectivity index (χ0n) is 12.9. The van der Waals surface area contributed by atoms with Gasteiger partial charge in [-0.3, -0.25) is 4.98 Å². The van der Waals surface area contributed by atoms with Gasteiger partial charge in [-0.05, 0) is 42.0 Å². The van der Waals surface area contributed by atoms with Gasteiger partial charge in [-0.25, -0.2) is 4.98 Å². The molecule has 2 heterocycles. The Morgan fingerprint density at radius 3 is 2.42 bits per heavy atom. The minimum atomic E-state index is 0.670. The fourth-order valence-corrected chi connectivity index (χ4v) is 2.82. The lowest BCUT2D eigenvalue weighted by atomic mass is 10.1. The normalized spacial score (nSPS) is 10.6. The van der Waals surface area contributed by atoms with Crippen LogP contribution in [0.1, 0.15) is 11.1 Å². The summed E-state index contributed by atoms with van der Waals surface area (Å²) in [7, 11) is 0. The first-order valence-corrected chi connectivity index (χ1v) is 7.70. The van der Waals surface area contributed by atoms with Gasteiger partial charge >= 0.3 is 0 Å². The van der Waals surface area contributed by atoms with Crippen LogP contribution < -0.4 is 0 Å². The fraction of sp³-hybridized carbons (Fsp3) is 0.0500. The third kappa shape index (κ3) is 2.53. The molecule has 0 amide bonds. The number of fused-ring (bicyclic) bond motifs is 1. The predicted octanol–water partition coefficient (Wildman–Crippen LogP) is 4.02. The minimum absolute atomic E-state index is 0.670. The summed E-state index contributed by atoms with van der Waals surface area (Å²) in [5.41, 5.74) is 4.90. The van der Waals surface area contributed by atoms with Crippen LogP contribution in [0.3, 0.4) is 0 Å². The topological polar surface area (TPSA) is 54.5 Å². The summed E-state index contributed by atoms with van der Waals surface area (Å²) in [6, 6.07) is 21.9. The quantitative estimate of drug-likeness (QED) is 0.574. The van der Waals surface area contributed by atoms with Gasteiger partial charge in [-0.1, -0.05) is 24.3 Å². The molecule has 4 rings (SSSR count). The average Bonchev–Trinajstić information content (AvgIpc) is 3.02. The van der Waals surface area contributed by atoms with E-state index >= 15 is 0 Å². The number of nitrogens with zero attached hydrogens (tertiary/aromatic N) is 4. The predicted molar refractivity (Wildman–Crippen MR) is 93.2 cm³/mol. The second-order valence-electron chi connectivity index (χ2n) is 5.55. The number of nitriles is 1. The van der Waals surface area contributed by atoms with Gasteiger partial charge in [-0.2, -0.15) is 5.26 Å². The number of hydrogen-bond acceptors (Lipinski definition) is 3. The molecule has 0 atom stereocenters. The highest BCUT2D eigenvalue weighted by molar-refractivity contribution is 5.80. The standard InChI is InChI=1S/C20H14N4/c21-13-15-5-7-16(8-6-15)14-24-19-4-2-1-3-18(19)23-20(24)17-9-11-22-12-10-17/h1-12H,14H2. The van der Waals surface area contributed by atoms with Crippen LogP contribution in [0.2, 0.25) is 0 Å². The van der Waals surface area contributed by atoms with E-state index < -0.39 is 0 Å². The molecule has 0 aliphatic carbocycles. The number of benzene rings is 2. The molecular weight excluding hydrogens is 296 g/mol. The molecule has 0 bridgehead atoms. The van der Waals surface area contributed by atoms with Crippen LogP contribution in [0.25, 0.3) is 22.4 Å². The number of para-hydroxylation sites is 2. The smallest absolute Gasteiger partial charge is 0.141 e. The van der Waals surface area contributed by atoms with Crippen LogP contribution in [0.4, 0.5) is 0 Å². The number of rotatable bonds is 3. The molecule has 4 aromatic rings. The highest BCUT2D eigenvalue weighted by atomic mass is 15.1. The highest BCUT2D eigenvalue weighted by Gasteiger charge is 2.12. The van der Waals surface area contributed by atoms with Gasteiger partial charge in [0.2, 0.25) is 0 Å². The molecule has 0 fully saturated rings. The monoisotopic (exact) mass is 310 g/mol. The van der Waals surface area contributed by atoms with Gasteiger partial charge < -0.3 is 4.57 Å². The Kier molecular flexibility index (Phi) is 3.53. The number of hydrogen-bond donors (Lipinski definition) is 0. The van der Waals surface area contributed by atoms with E-state index in [1.807, 2.05) is 54.6 Å². The molecule has 0 N–H and O–H groups in total. The fourth-order valence-electron chi connectivity index (χ4n) is 2.82. The summed E-state index contributed by atoms with van der Waals surface area (Å²) in [4.78, 5) is 8.89. The zero-order valence-corrected chi connectivity index (χ0v) is 12.9. The van der Waals surface area contributed by atoms with E-state index in [1.54, 1.807) is 12.4 Å². The molecule has 0 saturated carbocycles. The molecule has 114 valence electrons. The van der Waals surface area contributed by atoms with Crippen molar-refractivity contribution in [3.8, 4) is 17.5 Å². The molecule has 0 aliphatic heterocycles. The van der Waals surface area contributed by atoms with Crippen molar-refractivity contribution in [1.29, 1.82) is 5.26 Å². The van der Waals surface area contributed by atoms with Gasteiger partial charge in [0, 0.05) is 24.5 Å². The van der Waals surface area contributed by atoms with Crippen LogP contribution in [0.5, 0.6) is 0 Å². The first kappa shape index (κ1) is 14.2. The highest BCUT2D eigenvalue weighted by Crippen LogP contribution is 2.25. The molecule has 4 nitrogen and oxygen atoms in total. The van der Waals surface area contributed by atoms with E-state index in [1.165, 1.54) is 0 Å². The first-order chi connectivity index (χ1) is 11.8. The second kappa shape index (κ2) is 5.98. The van der Waals surface area contributed by atoms with Crippen molar-refractivity contribution in [1.82, 2.24) is 14.5 Å². The van der Waals surface area contributed by atoms with Crippen molar-refractivity contribution in [2.75, 3.05) is 0 Å². The number of imidazole rings is 1. The zero-order chi connectivity index (χ0) is 16.4. The van der Waals surface area contributed by atoms with Crippen LogP contribution in [-0.2, 0) is 6.54 Å². The van der Waals surface area contributed by atoms with E-state index in [-0.39, 0.29) is 0 Å². The van der Waals surface area contributed by atoms with Gasteiger partial charge in [-0.15, -0.1) is 0 Å². The maximum absolute atomic E-state index is 8.95. The van der Waals surface area contributed by atoms with E-state index in [4.69, 9.17) is 10.2 Å². The van der Waals surface area contributed by atoms with E-state index in [0.29, 0.717) is 12.1 Å². The van der Waals surface area contributed by atoms with E-state index in [9.17, 15) is 0 Å². The summed E-state index contributed by atoms with van der Waals surface area (Å²) in [5, 5.41) is 8.95. The molecule has 24 heavy (non-hydrogen) atoms. The maximum atomic E-state index is 8.95. The number of aromatic nitrogens is 3. The second-order valence-corrected chi connectivity index (χ2v) is 5.55. The first-order valence-electron chi connectivity index (χ1n) is 7.70. The molecule has 2 aromatic carbocycles. The average molecular weight is 310 g/mol. The molecule has 2 aromatic heterocycles. The van der Waals surface area contributed by atoms with Gasteiger partial charge in [0.15, 0.2) is 0 Å². The largest absolute Gasteiger partial charge is 0.319 e. The Labute approximate surface area is 139 Å². The molecule has 0 radical (unpaired) electrons. The Morgan fingerprint density at radius 2 is 1.67 bits per heavy atom. The van der Waals surface area contributed by atoms with Crippen LogP contribution in [0, 0.1) is 11.3 Å².